The number of benzene rings is 1. The van der Waals surface area contributed by atoms with Crippen molar-refractivity contribution in [1.82, 2.24) is 15.5 Å². The number of amides is 2. The van der Waals surface area contributed by atoms with Crippen LogP contribution >= 0.6 is 12.4 Å². The Hall–Kier alpha value is -1.63. The van der Waals surface area contributed by atoms with E-state index >= 15 is 0 Å². The summed E-state index contributed by atoms with van der Waals surface area (Å²) in [7, 11) is 0. The third-order valence-corrected chi connectivity index (χ3v) is 4.09. The molecule has 0 spiro atoms. The summed E-state index contributed by atoms with van der Waals surface area (Å²) in [6.45, 7) is 9.64. The van der Waals surface area contributed by atoms with Crippen molar-refractivity contribution in [3.63, 3.8) is 0 Å². The highest BCUT2D eigenvalue weighted by Crippen LogP contribution is 2.11. The van der Waals surface area contributed by atoms with Crippen molar-refractivity contribution in [3.8, 4) is 0 Å². The first kappa shape index (κ1) is 21.4. The molecular formula is C18H29ClN4O2. The summed E-state index contributed by atoms with van der Waals surface area (Å²) in [5, 5.41) is 9.09. The van der Waals surface area contributed by atoms with E-state index in [0.717, 1.165) is 39.1 Å². The van der Waals surface area contributed by atoms with Crippen molar-refractivity contribution in [1.29, 1.82) is 0 Å². The number of halogens is 1. The lowest BCUT2D eigenvalue weighted by Gasteiger charge is -2.27. The van der Waals surface area contributed by atoms with E-state index in [1.807, 2.05) is 13.8 Å². The molecule has 0 bridgehead atoms. The number of carbonyl (C=O) groups excluding carboxylic acids is 2. The number of hydrogen-bond acceptors (Lipinski definition) is 4. The molecule has 0 unspecified atom stereocenters. The number of nitrogens with one attached hydrogen (secondary N) is 3. The third kappa shape index (κ3) is 7.42. The van der Waals surface area contributed by atoms with Gasteiger partial charge in [-0.15, -0.1) is 12.4 Å². The van der Waals surface area contributed by atoms with Gasteiger partial charge in [-0.2, -0.15) is 0 Å². The molecule has 1 saturated heterocycles. The van der Waals surface area contributed by atoms with Crippen molar-refractivity contribution in [3.05, 3.63) is 29.8 Å². The van der Waals surface area contributed by atoms with E-state index in [4.69, 9.17) is 0 Å². The van der Waals surface area contributed by atoms with Crippen LogP contribution in [0, 0.1) is 5.92 Å². The zero-order valence-electron chi connectivity index (χ0n) is 15.0. The number of rotatable bonds is 7. The van der Waals surface area contributed by atoms with Crippen LogP contribution in [-0.4, -0.2) is 56.0 Å². The molecule has 3 N–H and O–H groups in total. The van der Waals surface area contributed by atoms with Gasteiger partial charge in [0.25, 0.3) is 5.91 Å². The van der Waals surface area contributed by atoms with Crippen molar-refractivity contribution < 1.29 is 9.59 Å². The second-order valence-electron chi connectivity index (χ2n) is 6.42. The smallest absolute Gasteiger partial charge is 0.251 e. The Morgan fingerprint density at radius 1 is 1.16 bits per heavy atom. The molecule has 7 heteroatoms. The van der Waals surface area contributed by atoms with E-state index in [1.54, 1.807) is 24.3 Å². The monoisotopic (exact) mass is 368 g/mol. The van der Waals surface area contributed by atoms with Gasteiger partial charge >= 0.3 is 0 Å². The molecule has 140 valence electrons. The van der Waals surface area contributed by atoms with Gasteiger partial charge in [0.1, 0.15) is 0 Å². The molecule has 0 aliphatic carbocycles. The fraction of sp³-hybridized carbons (Fsp3) is 0.556. The van der Waals surface area contributed by atoms with Gasteiger partial charge in [-0.1, -0.05) is 13.8 Å². The van der Waals surface area contributed by atoms with Gasteiger partial charge in [0.15, 0.2) is 0 Å². The first-order valence-electron chi connectivity index (χ1n) is 8.68. The molecule has 0 saturated carbocycles. The average Bonchev–Trinajstić information content (AvgIpc) is 2.60. The number of hydrogen-bond donors (Lipinski definition) is 3. The predicted octanol–water partition coefficient (Wildman–Crippen LogP) is 1.73. The molecule has 2 amide bonds. The van der Waals surface area contributed by atoms with Crippen LogP contribution in [0.4, 0.5) is 5.69 Å². The molecule has 1 aliphatic rings. The number of anilines is 1. The molecule has 1 aliphatic heterocycles. The van der Waals surface area contributed by atoms with E-state index < -0.39 is 0 Å². The minimum absolute atomic E-state index is 0. The Balaban J connectivity index is 0.00000312. The maximum atomic E-state index is 12.1. The van der Waals surface area contributed by atoms with E-state index in [1.165, 1.54) is 0 Å². The standard InChI is InChI=1S/C18H28N4O2.ClH/c1-14(2)17(23)21-16-6-4-15(5-7-16)18(24)20-8-3-11-22-12-9-19-10-13-22;/h4-7,14,19H,3,8-13H2,1-2H3,(H,20,24)(H,21,23);1H. The van der Waals surface area contributed by atoms with Gasteiger partial charge in [-0.05, 0) is 37.2 Å². The van der Waals surface area contributed by atoms with Crippen LogP contribution in [0.1, 0.15) is 30.6 Å². The molecule has 0 atom stereocenters. The Morgan fingerprint density at radius 2 is 1.80 bits per heavy atom. The van der Waals surface area contributed by atoms with Gasteiger partial charge in [-0.25, -0.2) is 0 Å². The quantitative estimate of drug-likeness (QED) is 0.641. The van der Waals surface area contributed by atoms with Gasteiger partial charge < -0.3 is 20.9 Å². The maximum Gasteiger partial charge on any atom is 0.251 e. The van der Waals surface area contributed by atoms with Crippen LogP contribution in [0.3, 0.4) is 0 Å². The number of nitrogens with zero attached hydrogens (tertiary/aromatic N) is 1. The van der Waals surface area contributed by atoms with Crippen LogP contribution < -0.4 is 16.0 Å². The fourth-order valence-electron chi connectivity index (χ4n) is 2.53. The van der Waals surface area contributed by atoms with Crippen LogP contribution in [-0.2, 0) is 4.79 Å². The van der Waals surface area contributed by atoms with Crippen LogP contribution in [0.25, 0.3) is 0 Å². The first-order chi connectivity index (χ1) is 11.6. The fourth-order valence-corrected chi connectivity index (χ4v) is 2.53. The topological polar surface area (TPSA) is 73.5 Å². The zero-order valence-corrected chi connectivity index (χ0v) is 15.8. The lowest BCUT2D eigenvalue weighted by molar-refractivity contribution is -0.118. The Bertz CT molecular complexity index is 543. The normalized spacial score (nSPS) is 14.7. The van der Waals surface area contributed by atoms with Gasteiger partial charge in [-0.3, -0.25) is 9.59 Å². The minimum atomic E-state index is -0.0722. The Morgan fingerprint density at radius 3 is 2.40 bits per heavy atom. The van der Waals surface area contributed by atoms with Gasteiger partial charge in [0.2, 0.25) is 5.91 Å². The molecule has 1 heterocycles. The van der Waals surface area contributed by atoms with Gasteiger partial charge in [0, 0.05) is 49.9 Å². The number of piperazine rings is 1. The summed E-state index contributed by atoms with van der Waals surface area (Å²) in [4.78, 5) is 26.2. The highest BCUT2D eigenvalue weighted by Gasteiger charge is 2.10. The molecule has 1 aromatic carbocycles. The van der Waals surface area contributed by atoms with Crippen molar-refractivity contribution in [2.24, 2.45) is 5.92 Å². The highest BCUT2D eigenvalue weighted by molar-refractivity contribution is 5.96. The number of carbonyl (C=O) groups is 2. The summed E-state index contributed by atoms with van der Waals surface area (Å²) < 4.78 is 0. The summed E-state index contributed by atoms with van der Waals surface area (Å²) >= 11 is 0. The second kappa shape index (κ2) is 11.1. The summed E-state index contributed by atoms with van der Waals surface area (Å²) in [6, 6.07) is 7.00. The van der Waals surface area contributed by atoms with E-state index in [2.05, 4.69) is 20.9 Å². The van der Waals surface area contributed by atoms with Crippen molar-refractivity contribution in [2.45, 2.75) is 20.3 Å². The summed E-state index contributed by atoms with van der Waals surface area (Å²) in [6.07, 6.45) is 0.953. The summed E-state index contributed by atoms with van der Waals surface area (Å²) in [5.74, 6) is -0.166. The molecule has 25 heavy (non-hydrogen) atoms. The van der Waals surface area contributed by atoms with Crippen LogP contribution in [0.2, 0.25) is 0 Å². The molecule has 0 aromatic heterocycles. The van der Waals surface area contributed by atoms with Crippen molar-refractivity contribution in [2.75, 3.05) is 44.6 Å². The Labute approximate surface area is 156 Å². The average molecular weight is 369 g/mol. The molecule has 2 rings (SSSR count). The molecule has 0 radical (unpaired) electrons. The molecule has 1 fully saturated rings. The van der Waals surface area contributed by atoms with E-state index in [9.17, 15) is 9.59 Å². The molecule has 1 aromatic rings. The largest absolute Gasteiger partial charge is 0.352 e. The zero-order chi connectivity index (χ0) is 17.4. The van der Waals surface area contributed by atoms with E-state index in [-0.39, 0.29) is 30.1 Å². The third-order valence-electron chi connectivity index (χ3n) is 4.09. The summed E-state index contributed by atoms with van der Waals surface area (Å²) in [5.41, 5.74) is 1.32. The van der Waals surface area contributed by atoms with E-state index in [0.29, 0.717) is 17.8 Å². The Kier molecular flexibility index (Phi) is 9.49. The SMILES string of the molecule is CC(C)C(=O)Nc1ccc(C(=O)NCCCN2CCNCC2)cc1.Cl. The van der Waals surface area contributed by atoms with Crippen LogP contribution in [0.15, 0.2) is 24.3 Å². The lowest BCUT2D eigenvalue weighted by atomic mass is 10.1. The van der Waals surface area contributed by atoms with Gasteiger partial charge in [0.05, 0.1) is 0 Å². The van der Waals surface area contributed by atoms with Crippen LogP contribution in [0.5, 0.6) is 0 Å². The molecule has 6 nitrogen and oxygen atoms in total. The molecular weight excluding hydrogens is 340 g/mol. The van der Waals surface area contributed by atoms with Crippen molar-refractivity contribution >= 4 is 29.9 Å². The highest BCUT2D eigenvalue weighted by atomic mass is 35.5. The minimum Gasteiger partial charge on any atom is -0.352 e. The lowest BCUT2D eigenvalue weighted by Crippen LogP contribution is -2.44. The predicted molar refractivity (Wildman–Crippen MR) is 103 cm³/mol. The first-order valence-corrected chi connectivity index (χ1v) is 8.68. The second-order valence-corrected chi connectivity index (χ2v) is 6.42. The maximum absolute atomic E-state index is 12.1.